The Hall–Kier alpha value is -2.06. The summed E-state index contributed by atoms with van der Waals surface area (Å²) in [5.41, 5.74) is 3.02. The highest BCUT2D eigenvalue weighted by atomic mass is 32.2. The Morgan fingerprint density at radius 1 is 1.52 bits per heavy atom. The van der Waals surface area contributed by atoms with Crippen LogP contribution in [0.25, 0.3) is 11.0 Å². The van der Waals surface area contributed by atoms with Crippen LogP contribution in [0.1, 0.15) is 12.0 Å². The molecule has 1 aliphatic rings. The third-order valence-corrected chi connectivity index (χ3v) is 4.97. The van der Waals surface area contributed by atoms with E-state index in [2.05, 4.69) is 15.3 Å². The molecule has 2 heterocycles. The molecule has 3 rings (SSSR count). The van der Waals surface area contributed by atoms with Gasteiger partial charge in [-0.05, 0) is 24.6 Å². The summed E-state index contributed by atoms with van der Waals surface area (Å²) in [5.74, 6) is 0.234. The fourth-order valence-electron chi connectivity index (χ4n) is 2.86. The fraction of sp³-hybridized carbons (Fsp3) is 0.471. The van der Waals surface area contributed by atoms with Gasteiger partial charge in [0.15, 0.2) is 5.16 Å². The van der Waals surface area contributed by atoms with E-state index in [0.29, 0.717) is 26.1 Å². The van der Waals surface area contributed by atoms with Crippen LogP contribution in [0, 0.1) is 6.92 Å². The van der Waals surface area contributed by atoms with Gasteiger partial charge in [0.2, 0.25) is 11.8 Å². The Morgan fingerprint density at radius 3 is 3.16 bits per heavy atom. The van der Waals surface area contributed by atoms with Crippen molar-refractivity contribution in [2.24, 2.45) is 0 Å². The van der Waals surface area contributed by atoms with Crippen LogP contribution in [0.5, 0.6) is 0 Å². The number of ether oxygens (including phenoxy) is 1. The lowest BCUT2D eigenvalue weighted by Crippen LogP contribution is -2.38. The molecule has 0 radical (unpaired) electrons. The molecule has 25 heavy (non-hydrogen) atoms. The number of aromatic amines is 1. The average Bonchev–Trinajstić information content (AvgIpc) is 3.13. The van der Waals surface area contributed by atoms with Crippen molar-refractivity contribution in [3.63, 3.8) is 0 Å². The number of nitrogens with zero attached hydrogens (tertiary/aromatic N) is 2. The third kappa shape index (κ3) is 4.52. The molecule has 0 saturated carbocycles. The zero-order valence-electron chi connectivity index (χ0n) is 14.4. The van der Waals surface area contributed by atoms with E-state index < -0.39 is 0 Å². The average molecular weight is 362 g/mol. The van der Waals surface area contributed by atoms with Gasteiger partial charge in [0, 0.05) is 26.6 Å². The third-order valence-electron chi connectivity index (χ3n) is 4.10. The monoisotopic (exact) mass is 362 g/mol. The SMILES string of the molecule is COCCN1CC(NC(=O)CSc2nc3ccc(C)cc3[nH]2)CC1=O. The maximum absolute atomic E-state index is 12.1. The minimum absolute atomic E-state index is 0.0580. The lowest BCUT2D eigenvalue weighted by Gasteiger charge is -2.16. The van der Waals surface area contributed by atoms with Crippen molar-refractivity contribution in [1.29, 1.82) is 0 Å². The van der Waals surface area contributed by atoms with Crippen LogP contribution in [-0.4, -0.2) is 65.3 Å². The predicted molar refractivity (Wildman–Crippen MR) is 96.6 cm³/mol. The first-order valence-corrected chi connectivity index (χ1v) is 9.19. The minimum atomic E-state index is -0.129. The van der Waals surface area contributed by atoms with Gasteiger partial charge >= 0.3 is 0 Å². The number of carbonyl (C=O) groups excluding carboxylic acids is 2. The van der Waals surface area contributed by atoms with Crippen LogP contribution in [0.4, 0.5) is 0 Å². The number of rotatable bonds is 7. The summed E-state index contributed by atoms with van der Waals surface area (Å²) in [6, 6.07) is 5.88. The number of aryl methyl sites for hydroxylation is 1. The Balaban J connectivity index is 1.48. The molecule has 1 saturated heterocycles. The second-order valence-electron chi connectivity index (χ2n) is 6.15. The van der Waals surface area contributed by atoms with Crippen LogP contribution < -0.4 is 5.32 Å². The molecule has 8 heteroatoms. The molecule has 134 valence electrons. The summed E-state index contributed by atoms with van der Waals surface area (Å²) in [4.78, 5) is 33.4. The first kappa shape index (κ1) is 17.8. The number of fused-ring (bicyclic) bond motifs is 1. The Bertz CT molecular complexity index is 776. The molecule has 1 fully saturated rings. The summed E-state index contributed by atoms with van der Waals surface area (Å²) in [6.45, 7) is 3.64. The number of hydrogen-bond donors (Lipinski definition) is 2. The van der Waals surface area contributed by atoms with E-state index in [1.54, 1.807) is 12.0 Å². The smallest absolute Gasteiger partial charge is 0.230 e. The van der Waals surface area contributed by atoms with Crippen molar-refractivity contribution < 1.29 is 14.3 Å². The Kier molecular flexibility index (Phi) is 5.60. The minimum Gasteiger partial charge on any atom is -0.383 e. The maximum atomic E-state index is 12.1. The standard InChI is InChI=1S/C17H22N4O3S/c1-11-3-4-13-14(7-11)20-17(19-13)25-10-15(22)18-12-8-16(23)21(9-12)5-6-24-2/h3-4,7,12H,5-6,8-10H2,1-2H3,(H,18,22)(H,19,20). The second kappa shape index (κ2) is 7.88. The van der Waals surface area contributed by atoms with Gasteiger partial charge < -0.3 is 19.9 Å². The van der Waals surface area contributed by atoms with Gasteiger partial charge in [-0.2, -0.15) is 0 Å². The van der Waals surface area contributed by atoms with Crippen molar-refractivity contribution in [3.05, 3.63) is 23.8 Å². The van der Waals surface area contributed by atoms with Gasteiger partial charge in [-0.15, -0.1) is 0 Å². The molecule has 1 aromatic carbocycles. The molecule has 2 N–H and O–H groups in total. The van der Waals surface area contributed by atoms with Crippen LogP contribution >= 0.6 is 11.8 Å². The van der Waals surface area contributed by atoms with Crippen molar-refractivity contribution in [2.75, 3.05) is 32.6 Å². The quantitative estimate of drug-likeness (QED) is 0.726. The van der Waals surface area contributed by atoms with Crippen LogP contribution in [0.2, 0.25) is 0 Å². The number of thioether (sulfide) groups is 1. The van der Waals surface area contributed by atoms with Gasteiger partial charge in [-0.3, -0.25) is 9.59 Å². The zero-order chi connectivity index (χ0) is 17.8. The Morgan fingerprint density at radius 2 is 2.36 bits per heavy atom. The van der Waals surface area contributed by atoms with Crippen molar-refractivity contribution in [1.82, 2.24) is 20.2 Å². The molecular weight excluding hydrogens is 340 g/mol. The molecule has 2 aromatic rings. The molecule has 1 unspecified atom stereocenters. The molecule has 2 amide bonds. The van der Waals surface area contributed by atoms with Gasteiger partial charge in [0.05, 0.1) is 29.4 Å². The van der Waals surface area contributed by atoms with Crippen molar-refractivity contribution in [2.45, 2.75) is 24.5 Å². The van der Waals surface area contributed by atoms with E-state index in [0.717, 1.165) is 21.8 Å². The Labute approximate surface area is 150 Å². The number of hydrogen-bond acceptors (Lipinski definition) is 5. The first-order chi connectivity index (χ1) is 12.0. The van der Waals surface area contributed by atoms with E-state index in [9.17, 15) is 9.59 Å². The number of aromatic nitrogens is 2. The van der Waals surface area contributed by atoms with E-state index in [4.69, 9.17) is 4.74 Å². The van der Waals surface area contributed by atoms with Crippen molar-refractivity contribution >= 4 is 34.6 Å². The summed E-state index contributed by atoms with van der Waals surface area (Å²) in [7, 11) is 1.61. The number of methoxy groups -OCH3 is 1. The number of amides is 2. The van der Waals surface area contributed by atoms with E-state index in [1.165, 1.54) is 11.8 Å². The predicted octanol–water partition coefficient (Wildman–Crippen LogP) is 1.33. The normalized spacial score (nSPS) is 17.4. The van der Waals surface area contributed by atoms with Crippen LogP contribution in [0.3, 0.4) is 0 Å². The zero-order valence-corrected chi connectivity index (χ0v) is 15.2. The fourth-order valence-corrected chi connectivity index (χ4v) is 3.55. The van der Waals surface area contributed by atoms with Gasteiger partial charge in [-0.25, -0.2) is 4.98 Å². The van der Waals surface area contributed by atoms with Gasteiger partial charge in [0.1, 0.15) is 0 Å². The first-order valence-electron chi connectivity index (χ1n) is 8.20. The highest BCUT2D eigenvalue weighted by Crippen LogP contribution is 2.20. The van der Waals surface area contributed by atoms with E-state index >= 15 is 0 Å². The number of nitrogens with one attached hydrogen (secondary N) is 2. The number of imidazole rings is 1. The van der Waals surface area contributed by atoms with Crippen LogP contribution in [-0.2, 0) is 14.3 Å². The largest absolute Gasteiger partial charge is 0.383 e. The molecule has 1 aromatic heterocycles. The number of benzene rings is 1. The lowest BCUT2D eigenvalue weighted by atomic mass is 10.2. The molecule has 0 bridgehead atoms. The summed E-state index contributed by atoms with van der Waals surface area (Å²) >= 11 is 1.36. The van der Waals surface area contributed by atoms with Gasteiger partial charge in [-0.1, -0.05) is 17.8 Å². The van der Waals surface area contributed by atoms with Gasteiger partial charge in [0.25, 0.3) is 0 Å². The molecular formula is C17H22N4O3S. The van der Waals surface area contributed by atoms with Crippen LogP contribution in [0.15, 0.2) is 23.4 Å². The summed E-state index contributed by atoms with van der Waals surface area (Å²) < 4.78 is 4.99. The lowest BCUT2D eigenvalue weighted by molar-refractivity contribution is -0.128. The topological polar surface area (TPSA) is 87.3 Å². The van der Waals surface area contributed by atoms with Crippen molar-refractivity contribution in [3.8, 4) is 0 Å². The van der Waals surface area contributed by atoms with E-state index in [1.807, 2.05) is 25.1 Å². The number of H-pyrrole nitrogens is 1. The molecule has 0 aliphatic carbocycles. The molecule has 7 nitrogen and oxygen atoms in total. The number of carbonyl (C=O) groups is 2. The molecule has 1 aliphatic heterocycles. The summed E-state index contributed by atoms with van der Waals surface area (Å²) in [6.07, 6.45) is 0.351. The highest BCUT2D eigenvalue weighted by Gasteiger charge is 2.30. The maximum Gasteiger partial charge on any atom is 0.230 e. The highest BCUT2D eigenvalue weighted by molar-refractivity contribution is 7.99. The summed E-state index contributed by atoms with van der Waals surface area (Å²) in [5, 5.41) is 3.65. The molecule has 0 spiro atoms. The number of likely N-dealkylation sites (tertiary alicyclic amines) is 1. The second-order valence-corrected chi connectivity index (χ2v) is 7.12. The van der Waals surface area contributed by atoms with E-state index in [-0.39, 0.29) is 23.6 Å². The molecule has 1 atom stereocenters.